The highest BCUT2D eigenvalue weighted by molar-refractivity contribution is 5.94. The Morgan fingerprint density at radius 2 is 1.91 bits per heavy atom. The van der Waals surface area contributed by atoms with Crippen molar-refractivity contribution >= 4 is 29.6 Å². The van der Waals surface area contributed by atoms with Gasteiger partial charge in [0.05, 0.1) is 19.0 Å². The summed E-state index contributed by atoms with van der Waals surface area (Å²) >= 11 is 0. The smallest absolute Gasteiger partial charge is 0.326 e. The van der Waals surface area contributed by atoms with Crippen LogP contribution in [0.5, 0.6) is 0 Å². The lowest BCUT2D eigenvalue weighted by atomic mass is 10.1. The number of carbonyl (C=O) groups excluding carboxylic acids is 4. The molecule has 1 saturated heterocycles. The third-order valence-corrected chi connectivity index (χ3v) is 5.27. The number of aliphatic hydroxyl groups excluding tert-OH is 1. The van der Waals surface area contributed by atoms with Crippen molar-refractivity contribution in [3.05, 3.63) is 18.2 Å². The number of aromatic nitrogens is 2. The van der Waals surface area contributed by atoms with Gasteiger partial charge in [-0.3, -0.25) is 19.2 Å². The van der Waals surface area contributed by atoms with Crippen molar-refractivity contribution in [2.75, 3.05) is 13.2 Å². The Labute approximate surface area is 189 Å². The minimum absolute atomic E-state index is 0.0249. The lowest BCUT2D eigenvalue weighted by Gasteiger charge is -2.28. The van der Waals surface area contributed by atoms with Crippen molar-refractivity contribution in [1.29, 1.82) is 0 Å². The first-order valence-corrected chi connectivity index (χ1v) is 10.4. The zero-order chi connectivity index (χ0) is 24.5. The van der Waals surface area contributed by atoms with Crippen LogP contribution >= 0.6 is 0 Å². The van der Waals surface area contributed by atoms with Gasteiger partial charge in [-0.2, -0.15) is 0 Å². The van der Waals surface area contributed by atoms with Crippen LogP contribution in [-0.2, 0) is 30.4 Å². The highest BCUT2D eigenvalue weighted by Crippen LogP contribution is 2.18. The molecule has 2 rings (SSSR count). The Bertz CT molecular complexity index is 861. The predicted octanol–water partition coefficient (Wildman–Crippen LogP) is -3.42. The molecule has 1 aliphatic rings. The van der Waals surface area contributed by atoms with E-state index in [1.165, 1.54) is 12.5 Å². The SMILES string of the molecule is NC(=O)CCC(N)C(=O)NC(Cc1cnc[nH]1)C(=O)NC(CO)C(=O)N1CCCC1C(=O)O. The Hall–Kier alpha value is -3.52. The highest BCUT2D eigenvalue weighted by Gasteiger charge is 2.38. The largest absolute Gasteiger partial charge is 0.480 e. The van der Waals surface area contributed by atoms with Gasteiger partial charge >= 0.3 is 5.97 Å². The zero-order valence-electron chi connectivity index (χ0n) is 17.9. The second-order valence-electron chi connectivity index (χ2n) is 7.73. The summed E-state index contributed by atoms with van der Waals surface area (Å²) in [5, 5.41) is 23.8. The summed E-state index contributed by atoms with van der Waals surface area (Å²) in [6.07, 6.45) is 3.40. The van der Waals surface area contributed by atoms with Crippen LogP contribution in [0.15, 0.2) is 12.5 Å². The molecular formula is C19H29N7O7. The maximum absolute atomic E-state index is 12.9. The number of primary amides is 1. The van der Waals surface area contributed by atoms with Gasteiger partial charge in [0, 0.05) is 31.3 Å². The van der Waals surface area contributed by atoms with Crippen molar-refractivity contribution in [2.24, 2.45) is 11.5 Å². The molecule has 0 spiro atoms. The van der Waals surface area contributed by atoms with Crippen LogP contribution in [0, 0.1) is 0 Å². The molecule has 4 amide bonds. The van der Waals surface area contributed by atoms with Crippen LogP contribution in [-0.4, -0.2) is 92.0 Å². The van der Waals surface area contributed by atoms with Gasteiger partial charge in [0.2, 0.25) is 23.6 Å². The molecule has 0 bridgehead atoms. The average molecular weight is 467 g/mol. The van der Waals surface area contributed by atoms with E-state index in [9.17, 15) is 34.2 Å². The number of carboxylic acids is 1. The summed E-state index contributed by atoms with van der Waals surface area (Å²) in [6.45, 7) is -0.582. The lowest BCUT2D eigenvalue weighted by Crippen LogP contribution is -2.58. The molecule has 0 aromatic carbocycles. The number of nitrogens with one attached hydrogen (secondary N) is 3. The van der Waals surface area contributed by atoms with E-state index in [0.29, 0.717) is 12.1 Å². The van der Waals surface area contributed by atoms with E-state index in [-0.39, 0.29) is 32.2 Å². The topological polar surface area (TPSA) is 234 Å². The molecule has 1 aromatic heterocycles. The van der Waals surface area contributed by atoms with Crippen molar-refractivity contribution in [3.8, 4) is 0 Å². The minimum atomic E-state index is -1.40. The Morgan fingerprint density at radius 1 is 1.21 bits per heavy atom. The maximum atomic E-state index is 12.9. The summed E-state index contributed by atoms with van der Waals surface area (Å²) in [4.78, 5) is 68.2. The monoisotopic (exact) mass is 467 g/mol. The van der Waals surface area contributed by atoms with Gasteiger partial charge in [-0.05, 0) is 19.3 Å². The average Bonchev–Trinajstić information content (AvgIpc) is 3.46. The second kappa shape index (κ2) is 11.9. The van der Waals surface area contributed by atoms with E-state index in [1.807, 2.05) is 0 Å². The number of likely N-dealkylation sites (tertiary alicyclic amines) is 1. The molecular weight excluding hydrogens is 438 g/mol. The van der Waals surface area contributed by atoms with Gasteiger partial charge in [0.25, 0.3) is 0 Å². The number of carboxylic acid groups (broad SMARTS) is 1. The van der Waals surface area contributed by atoms with E-state index in [4.69, 9.17) is 11.5 Å². The summed E-state index contributed by atoms with van der Waals surface area (Å²) in [6, 6.07) is -4.74. The molecule has 4 unspecified atom stereocenters. The van der Waals surface area contributed by atoms with Gasteiger partial charge in [-0.1, -0.05) is 0 Å². The molecule has 0 saturated carbocycles. The first kappa shape index (κ1) is 25.7. The van der Waals surface area contributed by atoms with E-state index < -0.39 is 60.4 Å². The number of rotatable bonds is 12. The fourth-order valence-corrected chi connectivity index (χ4v) is 3.48. The third-order valence-electron chi connectivity index (χ3n) is 5.27. The minimum Gasteiger partial charge on any atom is -0.480 e. The van der Waals surface area contributed by atoms with Crippen molar-refractivity contribution < 1.29 is 34.2 Å². The second-order valence-corrected chi connectivity index (χ2v) is 7.73. The number of hydrogen-bond acceptors (Lipinski definition) is 8. The number of aliphatic hydroxyl groups is 1. The number of carbonyl (C=O) groups is 5. The zero-order valence-corrected chi connectivity index (χ0v) is 17.9. The molecule has 9 N–H and O–H groups in total. The Balaban J connectivity index is 2.10. The summed E-state index contributed by atoms with van der Waals surface area (Å²) < 4.78 is 0. The first-order chi connectivity index (χ1) is 15.6. The van der Waals surface area contributed by atoms with E-state index >= 15 is 0 Å². The van der Waals surface area contributed by atoms with Gasteiger partial charge < -0.3 is 42.2 Å². The quantitative estimate of drug-likeness (QED) is 0.162. The number of aromatic amines is 1. The molecule has 1 aromatic rings. The molecule has 4 atom stereocenters. The number of nitrogens with zero attached hydrogens (tertiary/aromatic N) is 2. The number of H-pyrrole nitrogens is 1. The number of nitrogens with two attached hydrogens (primary N) is 2. The van der Waals surface area contributed by atoms with Crippen molar-refractivity contribution in [3.63, 3.8) is 0 Å². The summed E-state index contributed by atoms with van der Waals surface area (Å²) in [7, 11) is 0. The molecule has 2 heterocycles. The fourth-order valence-electron chi connectivity index (χ4n) is 3.48. The predicted molar refractivity (Wildman–Crippen MR) is 112 cm³/mol. The Morgan fingerprint density at radius 3 is 2.48 bits per heavy atom. The fraction of sp³-hybridized carbons (Fsp3) is 0.579. The van der Waals surface area contributed by atoms with Gasteiger partial charge in [-0.15, -0.1) is 0 Å². The molecule has 182 valence electrons. The van der Waals surface area contributed by atoms with E-state index in [2.05, 4.69) is 20.6 Å². The van der Waals surface area contributed by atoms with Gasteiger partial charge in [-0.25, -0.2) is 9.78 Å². The molecule has 0 radical (unpaired) electrons. The van der Waals surface area contributed by atoms with Crippen LogP contribution in [0.1, 0.15) is 31.4 Å². The molecule has 14 nitrogen and oxygen atoms in total. The molecule has 1 aliphatic heterocycles. The highest BCUT2D eigenvalue weighted by atomic mass is 16.4. The van der Waals surface area contributed by atoms with Crippen LogP contribution < -0.4 is 22.1 Å². The van der Waals surface area contributed by atoms with Crippen LogP contribution in [0.2, 0.25) is 0 Å². The number of aliphatic carboxylic acids is 1. The van der Waals surface area contributed by atoms with Gasteiger partial charge in [0.15, 0.2) is 0 Å². The van der Waals surface area contributed by atoms with Crippen molar-refractivity contribution in [2.45, 2.75) is 56.3 Å². The van der Waals surface area contributed by atoms with Crippen LogP contribution in [0.25, 0.3) is 0 Å². The summed E-state index contributed by atoms with van der Waals surface area (Å²) in [5.41, 5.74) is 11.3. The van der Waals surface area contributed by atoms with Crippen LogP contribution in [0.4, 0.5) is 0 Å². The number of imidazole rings is 1. The normalized spacial score (nSPS) is 18.2. The van der Waals surface area contributed by atoms with Gasteiger partial charge in [0.1, 0.15) is 18.1 Å². The maximum Gasteiger partial charge on any atom is 0.326 e. The van der Waals surface area contributed by atoms with Crippen LogP contribution in [0.3, 0.4) is 0 Å². The molecule has 14 heteroatoms. The lowest BCUT2D eigenvalue weighted by molar-refractivity contribution is -0.150. The summed E-state index contributed by atoms with van der Waals surface area (Å²) in [5.74, 6) is -4.04. The van der Waals surface area contributed by atoms with E-state index in [0.717, 1.165) is 4.90 Å². The standard InChI is InChI=1S/C19H29N7O7/c20-11(3-4-15(21)28)16(29)24-12(6-10-7-22-9-23-10)17(30)25-13(8-27)18(31)26-5-1-2-14(26)19(32)33/h7,9,11-14,27H,1-6,8,20H2,(H2,21,28)(H,22,23)(H,24,29)(H,25,30)(H,32,33). The van der Waals surface area contributed by atoms with E-state index in [1.54, 1.807) is 0 Å². The molecule has 1 fully saturated rings. The first-order valence-electron chi connectivity index (χ1n) is 10.4. The number of hydrogen-bond donors (Lipinski definition) is 7. The van der Waals surface area contributed by atoms with Crippen molar-refractivity contribution in [1.82, 2.24) is 25.5 Å². The third kappa shape index (κ3) is 7.25. The Kier molecular flexibility index (Phi) is 9.30. The molecule has 0 aliphatic carbocycles. The molecule has 33 heavy (non-hydrogen) atoms. The number of amides is 4.